The number of carbonyl (C=O) groups is 1. The lowest BCUT2D eigenvalue weighted by Crippen LogP contribution is -2.17. The van der Waals surface area contributed by atoms with Gasteiger partial charge >= 0.3 is 0 Å². The van der Waals surface area contributed by atoms with Crippen molar-refractivity contribution in [3.63, 3.8) is 0 Å². The molecule has 0 atom stereocenters. The van der Waals surface area contributed by atoms with Crippen molar-refractivity contribution in [3.05, 3.63) is 52.3 Å². The van der Waals surface area contributed by atoms with E-state index in [-0.39, 0.29) is 16.9 Å². The Hall–Kier alpha value is -2.82. The molecule has 3 heterocycles. The summed E-state index contributed by atoms with van der Waals surface area (Å²) in [6, 6.07) is 8.91. The van der Waals surface area contributed by atoms with Gasteiger partial charge in [-0.3, -0.25) is 14.2 Å². The normalized spacial score (nSPS) is 12.6. The molecule has 1 N–H and O–H groups in total. The van der Waals surface area contributed by atoms with Crippen molar-refractivity contribution in [2.24, 2.45) is 0 Å². The molecule has 0 radical (unpaired) electrons. The second-order valence-corrected chi connectivity index (χ2v) is 4.66. The SMILES string of the molecule is COc1cccc2[nH]c3c(c(=O)c12)C(=O)n1cccc1-3. The molecule has 0 bridgehead atoms. The van der Waals surface area contributed by atoms with E-state index < -0.39 is 0 Å². The van der Waals surface area contributed by atoms with E-state index in [1.54, 1.807) is 30.5 Å². The van der Waals surface area contributed by atoms with Crippen LogP contribution in [0.2, 0.25) is 0 Å². The van der Waals surface area contributed by atoms with Crippen molar-refractivity contribution in [1.29, 1.82) is 0 Å². The van der Waals surface area contributed by atoms with Crippen LogP contribution in [0.3, 0.4) is 0 Å². The van der Waals surface area contributed by atoms with Crippen molar-refractivity contribution in [2.45, 2.75) is 0 Å². The third kappa shape index (κ3) is 1.17. The van der Waals surface area contributed by atoms with Gasteiger partial charge in [-0.2, -0.15) is 0 Å². The highest BCUT2D eigenvalue weighted by Crippen LogP contribution is 2.31. The minimum absolute atomic E-state index is 0.178. The first-order valence-electron chi connectivity index (χ1n) is 6.18. The Morgan fingerprint density at radius 2 is 2.00 bits per heavy atom. The van der Waals surface area contributed by atoms with E-state index in [0.29, 0.717) is 28.0 Å². The number of carbonyl (C=O) groups excluding carboxylic acids is 1. The number of fused-ring (bicyclic) bond motifs is 4. The van der Waals surface area contributed by atoms with Crippen LogP contribution in [0, 0.1) is 0 Å². The van der Waals surface area contributed by atoms with E-state index in [4.69, 9.17) is 4.74 Å². The van der Waals surface area contributed by atoms with Gasteiger partial charge < -0.3 is 9.72 Å². The average molecular weight is 266 g/mol. The van der Waals surface area contributed by atoms with Crippen LogP contribution in [0.15, 0.2) is 41.3 Å². The van der Waals surface area contributed by atoms with Crippen molar-refractivity contribution >= 4 is 16.8 Å². The second kappa shape index (κ2) is 3.60. The number of hydrogen-bond acceptors (Lipinski definition) is 3. The molecule has 0 saturated carbocycles. The predicted molar refractivity (Wildman–Crippen MR) is 74.3 cm³/mol. The summed E-state index contributed by atoms with van der Waals surface area (Å²) >= 11 is 0. The van der Waals surface area contributed by atoms with Crippen molar-refractivity contribution in [1.82, 2.24) is 9.55 Å². The zero-order valence-electron chi connectivity index (χ0n) is 10.6. The van der Waals surface area contributed by atoms with Crippen molar-refractivity contribution in [2.75, 3.05) is 7.11 Å². The monoisotopic (exact) mass is 266 g/mol. The molecule has 3 aromatic rings. The first-order valence-corrected chi connectivity index (χ1v) is 6.18. The Morgan fingerprint density at radius 3 is 2.80 bits per heavy atom. The molecule has 0 fully saturated rings. The zero-order chi connectivity index (χ0) is 13.9. The Labute approximate surface area is 113 Å². The Morgan fingerprint density at radius 1 is 1.15 bits per heavy atom. The van der Waals surface area contributed by atoms with E-state index >= 15 is 0 Å². The number of aromatic amines is 1. The lowest BCUT2D eigenvalue weighted by Gasteiger charge is -2.06. The highest BCUT2D eigenvalue weighted by molar-refractivity contribution is 6.10. The summed E-state index contributed by atoms with van der Waals surface area (Å²) in [5, 5.41) is 0.410. The molecule has 0 unspecified atom stereocenters. The molecule has 5 heteroatoms. The first kappa shape index (κ1) is 11.0. The van der Waals surface area contributed by atoms with Gasteiger partial charge in [0.05, 0.1) is 29.4 Å². The molecule has 1 aliphatic rings. The molecule has 1 aromatic carbocycles. The van der Waals surface area contributed by atoms with Crippen LogP contribution in [0.25, 0.3) is 22.3 Å². The lowest BCUT2D eigenvalue weighted by atomic mass is 10.1. The lowest BCUT2D eigenvalue weighted by molar-refractivity contribution is 0.0968. The predicted octanol–water partition coefficient (Wildman–Crippen LogP) is 2.01. The van der Waals surface area contributed by atoms with Crippen LogP contribution < -0.4 is 10.2 Å². The summed E-state index contributed by atoms with van der Waals surface area (Å²) < 4.78 is 6.70. The maximum atomic E-state index is 12.6. The number of benzene rings is 1. The standard InChI is InChI=1S/C15H10N2O3/c1-20-10-6-2-4-8-11(10)14(18)12-13(16-8)9-5-3-7-17(9)15(12)19/h2-7H,1H3,(H,16,18). The molecule has 5 nitrogen and oxygen atoms in total. The first-order chi connectivity index (χ1) is 9.72. The summed E-state index contributed by atoms with van der Waals surface area (Å²) in [5.74, 6) is 0.171. The number of methoxy groups -OCH3 is 1. The van der Waals surface area contributed by atoms with Gasteiger partial charge in [0.1, 0.15) is 11.3 Å². The minimum atomic E-state index is -0.297. The smallest absolute Gasteiger partial charge is 0.268 e. The number of hydrogen-bond donors (Lipinski definition) is 1. The summed E-state index contributed by atoms with van der Waals surface area (Å²) in [6.07, 6.45) is 1.66. The Balaban J connectivity index is 2.21. The van der Waals surface area contributed by atoms with Crippen LogP contribution in [0.5, 0.6) is 5.75 Å². The van der Waals surface area contributed by atoms with Crippen LogP contribution in [0.1, 0.15) is 10.4 Å². The number of H-pyrrole nitrogens is 1. The maximum absolute atomic E-state index is 12.6. The molecule has 20 heavy (non-hydrogen) atoms. The van der Waals surface area contributed by atoms with Gasteiger partial charge in [0, 0.05) is 6.20 Å². The number of ether oxygens (including phenoxy) is 1. The van der Waals surface area contributed by atoms with Gasteiger partial charge in [0.25, 0.3) is 5.91 Å². The van der Waals surface area contributed by atoms with E-state index in [0.717, 1.165) is 0 Å². The van der Waals surface area contributed by atoms with Gasteiger partial charge in [-0.05, 0) is 24.3 Å². The topological polar surface area (TPSA) is 64.1 Å². The van der Waals surface area contributed by atoms with E-state index in [2.05, 4.69) is 4.98 Å². The van der Waals surface area contributed by atoms with Crippen LogP contribution in [-0.4, -0.2) is 22.6 Å². The summed E-state index contributed by atoms with van der Waals surface area (Å²) in [5.41, 5.74) is 1.84. The van der Waals surface area contributed by atoms with Crippen LogP contribution in [-0.2, 0) is 0 Å². The third-order valence-corrected chi connectivity index (χ3v) is 3.65. The highest BCUT2D eigenvalue weighted by atomic mass is 16.5. The number of nitrogens with one attached hydrogen (secondary N) is 1. The molecular formula is C15H10N2O3. The van der Waals surface area contributed by atoms with E-state index in [1.165, 1.54) is 11.7 Å². The zero-order valence-corrected chi connectivity index (χ0v) is 10.6. The number of aromatic nitrogens is 2. The summed E-state index contributed by atoms with van der Waals surface area (Å²) in [6.45, 7) is 0. The van der Waals surface area contributed by atoms with E-state index in [1.807, 2.05) is 6.07 Å². The molecule has 0 spiro atoms. The van der Waals surface area contributed by atoms with Crippen LogP contribution in [0.4, 0.5) is 0 Å². The van der Waals surface area contributed by atoms with Gasteiger partial charge in [0.15, 0.2) is 0 Å². The maximum Gasteiger partial charge on any atom is 0.268 e. The Kier molecular flexibility index (Phi) is 1.99. The fourth-order valence-electron chi connectivity index (χ4n) is 2.75. The second-order valence-electron chi connectivity index (χ2n) is 4.66. The quantitative estimate of drug-likeness (QED) is 0.573. The molecule has 0 amide bonds. The van der Waals surface area contributed by atoms with Crippen molar-refractivity contribution < 1.29 is 9.53 Å². The molecule has 98 valence electrons. The highest BCUT2D eigenvalue weighted by Gasteiger charge is 2.30. The van der Waals surface area contributed by atoms with Gasteiger partial charge in [-0.25, -0.2) is 0 Å². The number of rotatable bonds is 1. The molecular weight excluding hydrogens is 256 g/mol. The number of nitrogens with zero attached hydrogens (tertiary/aromatic N) is 1. The molecule has 2 aromatic heterocycles. The van der Waals surface area contributed by atoms with Crippen molar-refractivity contribution in [3.8, 4) is 17.1 Å². The average Bonchev–Trinajstić information content (AvgIpc) is 3.03. The van der Waals surface area contributed by atoms with Crippen LogP contribution >= 0.6 is 0 Å². The van der Waals surface area contributed by atoms with E-state index in [9.17, 15) is 9.59 Å². The molecule has 0 aliphatic carbocycles. The molecule has 0 saturated heterocycles. The third-order valence-electron chi connectivity index (χ3n) is 3.65. The number of pyridine rings is 1. The summed E-state index contributed by atoms with van der Waals surface area (Å²) in [7, 11) is 1.51. The summed E-state index contributed by atoms with van der Waals surface area (Å²) in [4.78, 5) is 28.1. The van der Waals surface area contributed by atoms with Gasteiger partial charge in [-0.15, -0.1) is 0 Å². The van der Waals surface area contributed by atoms with Gasteiger partial charge in [0.2, 0.25) is 5.43 Å². The minimum Gasteiger partial charge on any atom is -0.496 e. The molecule has 1 aliphatic heterocycles. The molecule has 4 rings (SSSR count). The van der Waals surface area contributed by atoms with Gasteiger partial charge in [-0.1, -0.05) is 6.07 Å². The largest absolute Gasteiger partial charge is 0.496 e. The fraction of sp³-hybridized carbons (Fsp3) is 0.0667. The fourth-order valence-corrected chi connectivity index (χ4v) is 2.75. The Bertz CT molecular complexity index is 934.